The van der Waals surface area contributed by atoms with Gasteiger partial charge in [-0.2, -0.15) is 4.98 Å². The Morgan fingerprint density at radius 1 is 1.00 bits per heavy atom. The summed E-state index contributed by atoms with van der Waals surface area (Å²) >= 11 is 3.13. The highest BCUT2D eigenvalue weighted by Crippen LogP contribution is 2.28. The molecule has 0 unspecified atom stereocenters. The largest absolute Gasteiger partial charge is 0.355 e. The van der Waals surface area contributed by atoms with Gasteiger partial charge in [-0.05, 0) is 54.8 Å². The maximum Gasteiger partial charge on any atom is 0.277 e. The number of benzene rings is 1. The van der Waals surface area contributed by atoms with Crippen LogP contribution in [0.5, 0.6) is 0 Å². The summed E-state index contributed by atoms with van der Waals surface area (Å²) in [6, 6.07) is 16.6. The van der Waals surface area contributed by atoms with Crippen LogP contribution in [-0.2, 0) is 0 Å². The molecule has 148 valence electrons. The zero-order valence-electron chi connectivity index (χ0n) is 15.7. The lowest BCUT2D eigenvalue weighted by molar-refractivity contribution is 0.101. The standard InChI is InChI=1S/C21H14N4O3S2/c1-12-4-9-18(30-12)19-23-21(28-25-19)13-5-7-14(8-6-13)22-20(26)15-11-16(27-24-15)17-3-2-10-29-17/h2-11H,1H3,(H,22,26). The minimum absolute atomic E-state index is 0.218. The molecule has 5 aromatic rings. The second-order valence-corrected chi connectivity index (χ2v) is 8.65. The van der Waals surface area contributed by atoms with E-state index >= 15 is 0 Å². The Labute approximate surface area is 179 Å². The predicted octanol–water partition coefficient (Wildman–Crippen LogP) is 5.74. The minimum Gasteiger partial charge on any atom is -0.355 e. The van der Waals surface area contributed by atoms with Gasteiger partial charge >= 0.3 is 0 Å². The van der Waals surface area contributed by atoms with Crippen LogP contribution in [-0.4, -0.2) is 21.2 Å². The van der Waals surface area contributed by atoms with Gasteiger partial charge in [0.25, 0.3) is 11.8 Å². The first-order valence-corrected chi connectivity index (χ1v) is 10.7. The monoisotopic (exact) mass is 434 g/mol. The number of aromatic nitrogens is 3. The Kier molecular flexibility index (Phi) is 4.74. The number of thiophene rings is 2. The number of amides is 1. The number of aryl methyl sites for hydroxylation is 1. The van der Waals surface area contributed by atoms with Crippen molar-refractivity contribution in [2.24, 2.45) is 0 Å². The lowest BCUT2D eigenvalue weighted by Gasteiger charge is -2.03. The summed E-state index contributed by atoms with van der Waals surface area (Å²) in [4.78, 5) is 20.0. The van der Waals surface area contributed by atoms with E-state index < -0.39 is 0 Å². The fourth-order valence-corrected chi connectivity index (χ4v) is 4.27. The average molecular weight is 435 g/mol. The van der Waals surface area contributed by atoms with Crippen molar-refractivity contribution in [3.63, 3.8) is 0 Å². The van der Waals surface area contributed by atoms with E-state index in [-0.39, 0.29) is 11.6 Å². The van der Waals surface area contributed by atoms with Crippen LogP contribution in [0.25, 0.3) is 32.8 Å². The lowest BCUT2D eigenvalue weighted by Crippen LogP contribution is -2.11. The highest BCUT2D eigenvalue weighted by atomic mass is 32.1. The van der Waals surface area contributed by atoms with Gasteiger partial charge < -0.3 is 14.4 Å². The maximum absolute atomic E-state index is 12.4. The minimum atomic E-state index is -0.345. The van der Waals surface area contributed by atoms with E-state index in [0.29, 0.717) is 23.2 Å². The molecule has 1 aromatic carbocycles. The van der Waals surface area contributed by atoms with Crippen LogP contribution in [0.1, 0.15) is 15.4 Å². The van der Waals surface area contributed by atoms with Crippen LogP contribution in [0.3, 0.4) is 0 Å². The van der Waals surface area contributed by atoms with E-state index in [0.717, 1.165) is 15.3 Å². The van der Waals surface area contributed by atoms with E-state index in [9.17, 15) is 4.79 Å². The molecule has 0 radical (unpaired) electrons. The number of hydrogen-bond donors (Lipinski definition) is 1. The molecule has 0 saturated carbocycles. The summed E-state index contributed by atoms with van der Waals surface area (Å²) in [5, 5.41) is 12.6. The molecule has 7 nitrogen and oxygen atoms in total. The molecular weight excluding hydrogens is 420 g/mol. The van der Waals surface area contributed by atoms with Crippen LogP contribution in [0, 0.1) is 6.92 Å². The molecule has 0 fully saturated rings. The summed E-state index contributed by atoms with van der Waals surface area (Å²) in [6.45, 7) is 2.03. The van der Waals surface area contributed by atoms with Gasteiger partial charge in [-0.1, -0.05) is 16.4 Å². The number of rotatable bonds is 5. The number of carbonyl (C=O) groups excluding carboxylic acids is 1. The van der Waals surface area contributed by atoms with Gasteiger partial charge in [-0.15, -0.1) is 22.7 Å². The van der Waals surface area contributed by atoms with Gasteiger partial charge in [0.1, 0.15) is 0 Å². The number of carbonyl (C=O) groups is 1. The zero-order chi connectivity index (χ0) is 20.5. The lowest BCUT2D eigenvalue weighted by atomic mass is 10.2. The molecule has 0 saturated heterocycles. The quantitative estimate of drug-likeness (QED) is 0.379. The van der Waals surface area contributed by atoms with Crippen molar-refractivity contribution in [3.05, 3.63) is 70.5 Å². The van der Waals surface area contributed by atoms with Crippen LogP contribution in [0.4, 0.5) is 5.69 Å². The summed E-state index contributed by atoms with van der Waals surface area (Å²) in [5.41, 5.74) is 1.61. The van der Waals surface area contributed by atoms with E-state index in [4.69, 9.17) is 9.05 Å². The molecule has 4 aromatic heterocycles. The predicted molar refractivity (Wildman–Crippen MR) is 116 cm³/mol. The van der Waals surface area contributed by atoms with Crippen LogP contribution in [0.15, 0.2) is 69.0 Å². The van der Waals surface area contributed by atoms with Crippen molar-refractivity contribution < 1.29 is 13.8 Å². The molecule has 30 heavy (non-hydrogen) atoms. The van der Waals surface area contributed by atoms with Gasteiger partial charge in [0, 0.05) is 22.2 Å². The molecule has 1 amide bonds. The van der Waals surface area contributed by atoms with Crippen molar-refractivity contribution >= 4 is 34.3 Å². The average Bonchev–Trinajstić information content (AvgIpc) is 3.54. The van der Waals surface area contributed by atoms with Crippen LogP contribution < -0.4 is 5.32 Å². The summed E-state index contributed by atoms with van der Waals surface area (Å²) in [6.07, 6.45) is 0. The number of anilines is 1. The smallest absolute Gasteiger partial charge is 0.277 e. The molecule has 0 atom stereocenters. The normalized spacial score (nSPS) is 11.0. The fourth-order valence-electron chi connectivity index (χ4n) is 2.80. The Balaban J connectivity index is 1.28. The van der Waals surface area contributed by atoms with Crippen molar-refractivity contribution in [1.29, 1.82) is 0 Å². The molecule has 0 aliphatic rings. The molecule has 0 bridgehead atoms. The molecule has 5 rings (SSSR count). The topological polar surface area (TPSA) is 94.1 Å². The summed E-state index contributed by atoms with van der Waals surface area (Å²) in [7, 11) is 0. The third kappa shape index (κ3) is 3.68. The van der Waals surface area contributed by atoms with Crippen LogP contribution >= 0.6 is 22.7 Å². The third-order valence-corrected chi connectivity index (χ3v) is 6.16. The maximum atomic E-state index is 12.4. The second kappa shape index (κ2) is 7.69. The summed E-state index contributed by atoms with van der Waals surface area (Å²) in [5.74, 6) is 1.21. The Morgan fingerprint density at radius 2 is 1.87 bits per heavy atom. The van der Waals surface area contributed by atoms with E-state index in [1.807, 2.05) is 48.7 Å². The van der Waals surface area contributed by atoms with Crippen molar-refractivity contribution in [1.82, 2.24) is 15.3 Å². The first-order chi connectivity index (χ1) is 14.7. The number of hydrogen-bond acceptors (Lipinski definition) is 8. The molecule has 0 spiro atoms. The van der Waals surface area contributed by atoms with E-state index in [1.165, 1.54) is 16.2 Å². The third-order valence-electron chi connectivity index (χ3n) is 4.28. The van der Waals surface area contributed by atoms with Gasteiger partial charge in [-0.3, -0.25) is 4.79 Å². The zero-order valence-corrected chi connectivity index (χ0v) is 17.3. The second-order valence-electron chi connectivity index (χ2n) is 6.42. The fraction of sp³-hybridized carbons (Fsp3) is 0.0476. The van der Waals surface area contributed by atoms with Crippen LogP contribution in [0.2, 0.25) is 0 Å². The molecule has 4 heterocycles. The van der Waals surface area contributed by atoms with Gasteiger partial charge in [0.15, 0.2) is 11.5 Å². The van der Waals surface area contributed by atoms with Gasteiger partial charge in [0.2, 0.25) is 5.82 Å². The molecular formula is C21H14N4O3S2. The Bertz CT molecular complexity index is 1300. The molecule has 0 aliphatic heterocycles. The molecule has 0 aliphatic carbocycles. The highest BCUT2D eigenvalue weighted by Gasteiger charge is 2.15. The number of nitrogens with zero attached hydrogens (tertiary/aromatic N) is 3. The Morgan fingerprint density at radius 3 is 2.60 bits per heavy atom. The first kappa shape index (κ1) is 18.5. The number of nitrogens with one attached hydrogen (secondary N) is 1. The van der Waals surface area contributed by atoms with Crippen molar-refractivity contribution in [2.45, 2.75) is 6.92 Å². The van der Waals surface area contributed by atoms with Gasteiger partial charge in [0.05, 0.1) is 9.75 Å². The van der Waals surface area contributed by atoms with Crippen molar-refractivity contribution in [3.8, 4) is 32.8 Å². The van der Waals surface area contributed by atoms with Crippen molar-refractivity contribution in [2.75, 3.05) is 5.32 Å². The molecule has 1 N–H and O–H groups in total. The molecule has 9 heteroatoms. The first-order valence-electron chi connectivity index (χ1n) is 8.98. The van der Waals surface area contributed by atoms with E-state index in [1.54, 1.807) is 29.5 Å². The SMILES string of the molecule is Cc1ccc(-c2noc(-c3ccc(NC(=O)c4cc(-c5cccs5)on4)cc3)n2)s1. The Hall–Kier alpha value is -3.56. The summed E-state index contributed by atoms with van der Waals surface area (Å²) < 4.78 is 10.6. The highest BCUT2D eigenvalue weighted by molar-refractivity contribution is 7.15. The van der Waals surface area contributed by atoms with E-state index in [2.05, 4.69) is 20.6 Å². The van der Waals surface area contributed by atoms with Gasteiger partial charge in [-0.25, -0.2) is 0 Å².